The Morgan fingerprint density at radius 2 is 1.74 bits per heavy atom. The Morgan fingerprint density at radius 1 is 0.963 bits per heavy atom. The lowest BCUT2D eigenvalue weighted by atomic mass is 10.1. The van der Waals surface area contributed by atoms with Gasteiger partial charge in [0.15, 0.2) is 5.82 Å². The van der Waals surface area contributed by atoms with E-state index in [0.717, 1.165) is 38.5 Å². The molecule has 134 valence electrons. The molecule has 0 amide bonds. The van der Waals surface area contributed by atoms with Gasteiger partial charge in [0.1, 0.15) is 0 Å². The van der Waals surface area contributed by atoms with Gasteiger partial charge in [0.25, 0.3) is 0 Å². The van der Waals surface area contributed by atoms with E-state index < -0.39 is 0 Å². The van der Waals surface area contributed by atoms with E-state index in [0.29, 0.717) is 0 Å². The van der Waals surface area contributed by atoms with Gasteiger partial charge in [0, 0.05) is 28.1 Å². The number of nitrogens with one attached hydrogen (secondary N) is 1. The van der Waals surface area contributed by atoms with Gasteiger partial charge in [-0.05, 0) is 53.9 Å². The van der Waals surface area contributed by atoms with Crippen molar-refractivity contribution in [2.75, 3.05) is 11.1 Å². The number of anilines is 3. The van der Waals surface area contributed by atoms with Crippen LogP contribution < -0.4 is 11.1 Å². The lowest BCUT2D eigenvalue weighted by Gasteiger charge is -2.09. The number of nitrogens with two attached hydrogens (primary N) is 1. The molecule has 4 rings (SSSR count). The van der Waals surface area contributed by atoms with Gasteiger partial charge >= 0.3 is 0 Å². The molecule has 4 nitrogen and oxygen atoms in total. The zero-order chi connectivity index (χ0) is 18.8. The number of aromatic nitrogens is 2. The zero-order valence-corrected chi connectivity index (χ0v) is 16.4. The average molecular weight is 419 g/mol. The molecule has 4 aromatic rings. The Kier molecular flexibility index (Phi) is 4.69. The number of para-hydroxylation sites is 1. The second-order valence-electron chi connectivity index (χ2n) is 6.37. The van der Waals surface area contributed by atoms with Crippen molar-refractivity contribution in [3.05, 3.63) is 89.0 Å². The van der Waals surface area contributed by atoms with Crippen LogP contribution in [0.25, 0.3) is 16.8 Å². The van der Waals surface area contributed by atoms with Crippen LogP contribution in [0.4, 0.5) is 17.2 Å². The molecule has 0 unspecified atom stereocenters. The van der Waals surface area contributed by atoms with Crippen LogP contribution in [-0.4, -0.2) is 9.78 Å². The number of hydrogen-bond acceptors (Lipinski definition) is 3. The standard InChI is InChI=1S/C22H19BrN4/c1-15-4-2-3-5-21(15)27-13-12-22(26-27)25-18-10-11-19(20(23)14-18)16-6-8-17(24)9-7-16/h2-14H,24H2,1H3,(H,25,26). The first-order valence-corrected chi connectivity index (χ1v) is 9.43. The largest absolute Gasteiger partial charge is 0.399 e. The van der Waals surface area contributed by atoms with E-state index in [9.17, 15) is 0 Å². The molecular weight excluding hydrogens is 400 g/mol. The van der Waals surface area contributed by atoms with Gasteiger partial charge in [-0.15, -0.1) is 0 Å². The quantitative estimate of drug-likeness (QED) is 0.403. The number of hydrogen-bond donors (Lipinski definition) is 2. The summed E-state index contributed by atoms with van der Waals surface area (Å²) in [6.45, 7) is 2.08. The van der Waals surface area contributed by atoms with E-state index in [-0.39, 0.29) is 0 Å². The molecule has 27 heavy (non-hydrogen) atoms. The van der Waals surface area contributed by atoms with Gasteiger partial charge in [0.2, 0.25) is 0 Å². The first-order valence-electron chi connectivity index (χ1n) is 8.64. The molecule has 0 aliphatic carbocycles. The van der Waals surface area contributed by atoms with Crippen molar-refractivity contribution in [3.63, 3.8) is 0 Å². The fourth-order valence-electron chi connectivity index (χ4n) is 2.98. The third kappa shape index (κ3) is 3.73. The molecule has 0 bridgehead atoms. The summed E-state index contributed by atoms with van der Waals surface area (Å²) in [5.74, 6) is 0.797. The van der Waals surface area contributed by atoms with Gasteiger partial charge in [-0.25, -0.2) is 4.68 Å². The second-order valence-corrected chi connectivity index (χ2v) is 7.23. The van der Waals surface area contributed by atoms with Gasteiger partial charge in [-0.3, -0.25) is 0 Å². The number of aryl methyl sites for hydroxylation is 1. The SMILES string of the molecule is Cc1ccccc1-n1ccc(Nc2ccc(-c3ccc(N)cc3)c(Br)c2)n1. The first kappa shape index (κ1) is 17.4. The first-order chi connectivity index (χ1) is 13.1. The van der Waals surface area contributed by atoms with Crippen LogP contribution in [-0.2, 0) is 0 Å². The second kappa shape index (κ2) is 7.29. The van der Waals surface area contributed by atoms with Crippen molar-refractivity contribution < 1.29 is 0 Å². The predicted molar refractivity (Wildman–Crippen MR) is 116 cm³/mol. The third-order valence-corrected chi connectivity index (χ3v) is 5.07. The topological polar surface area (TPSA) is 55.9 Å². The van der Waals surface area contributed by atoms with Crippen LogP contribution >= 0.6 is 15.9 Å². The molecule has 0 aliphatic rings. The lowest BCUT2D eigenvalue weighted by molar-refractivity contribution is 0.876. The van der Waals surface area contributed by atoms with Gasteiger partial charge in [-0.1, -0.05) is 52.3 Å². The summed E-state index contributed by atoms with van der Waals surface area (Å²) in [6, 6.07) is 24.2. The van der Waals surface area contributed by atoms with Crippen molar-refractivity contribution in [1.82, 2.24) is 9.78 Å². The van der Waals surface area contributed by atoms with E-state index >= 15 is 0 Å². The fourth-order valence-corrected chi connectivity index (χ4v) is 3.59. The van der Waals surface area contributed by atoms with Crippen LogP contribution in [0.3, 0.4) is 0 Å². The highest BCUT2D eigenvalue weighted by molar-refractivity contribution is 9.10. The van der Waals surface area contributed by atoms with Gasteiger partial charge < -0.3 is 11.1 Å². The summed E-state index contributed by atoms with van der Waals surface area (Å²) in [4.78, 5) is 0. The van der Waals surface area contributed by atoms with E-state index in [1.807, 2.05) is 59.4 Å². The van der Waals surface area contributed by atoms with E-state index in [1.165, 1.54) is 5.56 Å². The zero-order valence-electron chi connectivity index (χ0n) is 14.9. The van der Waals surface area contributed by atoms with E-state index in [2.05, 4.69) is 57.5 Å². The Bertz CT molecular complexity index is 1080. The Hall–Kier alpha value is -3.05. The van der Waals surface area contributed by atoms with Crippen LogP contribution in [0.15, 0.2) is 83.5 Å². The molecular formula is C22H19BrN4. The summed E-state index contributed by atoms with van der Waals surface area (Å²) in [6.07, 6.45) is 1.96. The maximum Gasteiger partial charge on any atom is 0.152 e. The van der Waals surface area contributed by atoms with Gasteiger partial charge in [-0.2, -0.15) is 5.10 Å². The smallest absolute Gasteiger partial charge is 0.152 e. The highest BCUT2D eigenvalue weighted by Gasteiger charge is 2.07. The number of nitrogen functional groups attached to an aromatic ring is 1. The minimum absolute atomic E-state index is 0.761. The van der Waals surface area contributed by atoms with Crippen LogP contribution in [0.5, 0.6) is 0 Å². The Morgan fingerprint density at radius 3 is 2.48 bits per heavy atom. The third-order valence-electron chi connectivity index (χ3n) is 4.41. The van der Waals surface area contributed by atoms with Crippen LogP contribution in [0.2, 0.25) is 0 Å². The van der Waals surface area contributed by atoms with Crippen LogP contribution in [0, 0.1) is 6.92 Å². The summed E-state index contributed by atoms with van der Waals surface area (Å²) < 4.78 is 2.89. The molecule has 0 radical (unpaired) electrons. The maximum absolute atomic E-state index is 5.78. The summed E-state index contributed by atoms with van der Waals surface area (Å²) in [5, 5.41) is 7.99. The molecule has 3 aromatic carbocycles. The van der Waals surface area contributed by atoms with E-state index in [4.69, 9.17) is 5.73 Å². The molecule has 0 spiro atoms. The van der Waals surface area contributed by atoms with Crippen molar-refractivity contribution in [3.8, 4) is 16.8 Å². The minimum atomic E-state index is 0.761. The number of halogens is 1. The van der Waals surface area contributed by atoms with Crippen molar-refractivity contribution in [2.24, 2.45) is 0 Å². The number of benzene rings is 3. The molecule has 5 heteroatoms. The Labute approximate surface area is 166 Å². The summed E-state index contributed by atoms with van der Waals surface area (Å²) in [7, 11) is 0. The monoisotopic (exact) mass is 418 g/mol. The molecule has 1 aromatic heterocycles. The normalized spacial score (nSPS) is 10.7. The summed E-state index contributed by atoms with van der Waals surface area (Å²) >= 11 is 3.67. The molecule has 0 atom stereocenters. The average Bonchev–Trinajstić information content (AvgIpc) is 3.11. The fraction of sp³-hybridized carbons (Fsp3) is 0.0455. The highest BCUT2D eigenvalue weighted by atomic mass is 79.9. The minimum Gasteiger partial charge on any atom is -0.399 e. The predicted octanol–water partition coefficient (Wildman–Crippen LogP) is 5.94. The molecule has 0 fully saturated rings. The van der Waals surface area contributed by atoms with Gasteiger partial charge in [0.05, 0.1) is 5.69 Å². The number of nitrogens with zero attached hydrogens (tertiary/aromatic N) is 2. The molecule has 3 N–H and O–H groups in total. The van der Waals surface area contributed by atoms with Crippen LogP contribution in [0.1, 0.15) is 5.56 Å². The van der Waals surface area contributed by atoms with Crippen molar-refractivity contribution >= 4 is 33.1 Å². The van der Waals surface area contributed by atoms with Crippen molar-refractivity contribution in [1.29, 1.82) is 0 Å². The summed E-state index contributed by atoms with van der Waals surface area (Å²) in [5.41, 5.74) is 12.0. The number of rotatable bonds is 4. The molecule has 0 saturated heterocycles. The Balaban J connectivity index is 1.56. The highest BCUT2D eigenvalue weighted by Crippen LogP contribution is 2.32. The molecule has 1 heterocycles. The lowest BCUT2D eigenvalue weighted by Crippen LogP contribution is -1.99. The van der Waals surface area contributed by atoms with Crippen molar-refractivity contribution in [2.45, 2.75) is 6.92 Å². The van der Waals surface area contributed by atoms with E-state index in [1.54, 1.807) is 0 Å². The molecule has 0 aliphatic heterocycles. The maximum atomic E-state index is 5.78. The molecule has 0 saturated carbocycles.